The second-order valence-electron chi connectivity index (χ2n) is 3.67. The number of nitrogens with zero attached hydrogens (tertiary/aromatic N) is 2. The van der Waals surface area contributed by atoms with Gasteiger partial charge in [-0.3, -0.25) is 4.68 Å². The highest BCUT2D eigenvalue weighted by molar-refractivity contribution is 9.10. The smallest absolute Gasteiger partial charge is 0.194 e. The van der Waals surface area contributed by atoms with Gasteiger partial charge in [0.05, 0.1) is 16.4 Å². The van der Waals surface area contributed by atoms with Gasteiger partial charge in [0.1, 0.15) is 6.10 Å². The van der Waals surface area contributed by atoms with E-state index in [9.17, 15) is 18.3 Å². The number of hydrogen-bond donors (Lipinski definition) is 1. The normalized spacial score (nSPS) is 12.8. The van der Waals surface area contributed by atoms with Gasteiger partial charge in [-0.25, -0.2) is 13.2 Å². The van der Waals surface area contributed by atoms with Crippen molar-refractivity contribution in [3.05, 3.63) is 51.5 Å². The minimum atomic E-state index is -1.61. The molecule has 18 heavy (non-hydrogen) atoms. The van der Waals surface area contributed by atoms with Crippen molar-refractivity contribution in [2.75, 3.05) is 0 Å². The molecule has 0 aliphatic heterocycles. The van der Waals surface area contributed by atoms with Crippen LogP contribution in [0.2, 0.25) is 0 Å². The fraction of sp³-hybridized carbons (Fsp3) is 0.182. The van der Waals surface area contributed by atoms with Gasteiger partial charge < -0.3 is 5.11 Å². The lowest BCUT2D eigenvalue weighted by atomic mass is 10.1. The highest BCUT2D eigenvalue weighted by atomic mass is 79.9. The van der Waals surface area contributed by atoms with Crippen molar-refractivity contribution < 1.29 is 18.3 Å². The van der Waals surface area contributed by atoms with Crippen molar-refractivity contribution in [3.63, 3.8) is 0 Å². The maximum Gasteiger partial charge on any atom is 0.194 e. The first-order valence-electron chi connectivity index (χ1n) is 4.92. The molecular formula is C11H8BrF3N2O. The highest BCUT2D eigenvalue weighted by Gasteiger charge is 2.24. The number of aryl methyl sites for hydroxylation is 1. The minimum absolute atomic E-state index is 0.250. The third kappa shape index (κ3) is 2.04. The van der Waals surface area contributed by atoms with Crippen molar-refractivity contribution in [2.24, 2.45) is 7.05 Å². The fourth-order valence-corrected chi connectivity index (χ4v) is 2.19. The van der Waals surface area contributed by atoms with E-state index in [1.807, 2.05) is 0 Å². The molecule has 2 aromatic rings. The van der Waals surface area contributed by atoms with Crippen molar-refractivity contribution >= 4 is 15.9 Å². The van der Waals surface area contributed by atoms with E-state index in [2.05, 4.69) is 21.0 Å². The molecule has 0 saturated carbocycles. The Labute approximate surface area is 109 Å². The molecule has 1 aromatic heterocycles. The maximum absolute atomic E-state index is 13.5. The predicted octanol–water partition coefficient (Wildman–Crippen LogP) is 2.68. The molecule has 96 valence electrons. The maximum atomic E-state index is 13.5. The molecule has 3 nitrogen and oxygen atoms in total. The first kappa shape index (κ1) is 13.1. The van der Waals surface area contributed by atoms with E-state index >= 15 is 0 Å². The Morgan fingerprint density at radius 3 is 2.50 bits per heavy atom. The summed E-state index contributed by atoms with van der Waals surface area (Å²) in [7, 11) is 1.54. The SMILES string of the molecule is Cn1ncc(Br)c1C(O)c1ccc(F)c(F)c1F. The third-order valence-electron chi connectivity index (χ3n) is 2.56. The van der Waals surface area contributed by atoms with Gasteiger partial charge in [0.25, 0.3) is 0 Å². The monoisotopic (exact) mass is 320 g/mol. The zero-order chi connectivity index (χ0) is 13.4. The summed E-state index contributed by atoms with van der Waals surface area (Å²) in [5, 5.41) is 13.9. The summed E-state index contributed by atoms with van der Waals surface area (Å²) in [5.74, 6) is -4.31. The van der Waals surface area contributed by atoms with Gasteiger partial charge in [-0.1, -0.05) is 0 Å². The molecule has 0 radical (unpaired) electrons. The van der Waals surface area contributed by atoms with Crippen LogP contribution in [-0.2, 0) is 7.05 Å². The number of halogens is 4. The first-order chi connectivity index (χ1) is 8.43. The second kappa shape index (κ2) is 4.74. The van der Waals surface area contributed by atoms with Crippen LogP contribution in [0.4, 0.5) is 13.2 Å². The molecule has 2 rings (SSSR count). The topological polar surface area (TPSA) is 38.0 Å². The Hall–Kier alpha value is -1.34. The Balaban J connectivity index is 2.53. The van der Waals surface area contributed by atoms with Gasteiger partial charge in [-0.2, -0.15) is 5.10 Å². The average Bonchev–Trinajstić information content (AvgIpc) is 2.65. The zero-order valence-corrected chi connectivity index (χ0v) is 10.7. The second-order valence-corrected chi connectivity index (χ2v) is 4.52. The molecule has 0 bridgehead atoms. The Kier molecular flexibility index (Phi) is 3.45. The molecule has 1 atom stereocenters. The van der Waals surface area contributed by atoms with Crippen LogP contribution in [0.5, 0.6) is 0 Å². The van der Waals surface area contributed by atoms with Gasteiger partial charge >= 0.3 is 0 Å². The summed E-state index contributed by atoms with van der Waals surface area (Å²) in [4.78, 5) is 0. The number of aromatic nitrogens is 2. The molecule has 1 heterocycles. The molecule has 0 amide bonds. The molecule has 0 fully saturated rings. The quantitative estimate of drug-likeness (QED) is 0.864. The number of rotatable bonds is 2. The van der Waals surface area contributed by atoms with Gasteiger partial charge in [0.2, 0.25) is 0 Å². The summed E-state index contributed by atoms with van der Waals surface area (Å²) in [6.45, 7) is 0. The number of benzene rings is 1. The molecule has 0 aliphatic carbocycles. The van der Waals surface area contributed by atoms with E-state index in [-0.39, 0.29) is 11.3 Å². The zero-order valence-electron chi connectivity index (χ0n) is 9.16. The lowest BCUT2D eigenvalue weighted by Crippen LogP contribution is -2.10. The number of aliphatic hydroxyl groups excluding tert-OH is 1. The van der Waals surface area contributed by atoms with E-state index in [0.29, 0.717) is 4.47 Å². The van der Waals surface area contributed by atoms with E-state index in [0.717, 1.165) is 12.1 Å². The third-order valence-corrected chi connectivity index (χ3v) is 3.17. The lowest BCUT2D eigenvalue weighted by Gasteiger charge is -2.13. The molecule has 1 N–H and O–H groups in total. The Morgan fingerprint density at radius 2 is 1.94 bits per heavy atom. The van der Waals surface area contributed by atoms with Crippen molar-refractivity contribution in [2.45, 2.75) is 6.10 Å². The summed E-state index contributed by atoms with van der Waals surface area (Å²) in [5.41, 5.74) is -0.0990. The molecular weight excluding hydrogens is 313 g/mol. The van der Waals surface area contributed by atoms with Gasteiger partial charge in [-0.05, 0) is 28.1 Å². The first-order valence-corrected chi connectivity index (χ1v) is 5.71. The van der Waals surface area contributed by atoms with Crippen LogP contribution in [0.25, 0.3) is 0 Å². The molecule has 0 saturated heterocycles. The van der Waals surface area contributed by atoms with Crippen LogP contribution in [0.15, 0.2) is 22.8 Å². The van der Waals surface area contributed by atoms with Crippen molar-refractivity contribution in [1.82, 2.24) is 9.78 Å². The van der Waals surface area contributed by atoms with Crippen LogP contribution in [0.1, 0.15) is 17.4 Å². The standard InChI is InChI=1S/C11H8BrF3N2O/c1-17-10(6(12)4-16-17)11(18)5-2-3-7(13)9(15)8(5)14/h2-4,11,18H,1H3. The molecule has 0 aliphatic rings. The van der Waals surface area contributed by atoms with Crippen molar-refractivity contribution in [3.8, 4) is 0 Å². The van der Waals surface area contributed by atoms with Gasteiger partial charge in [0.15, 0.2) is 17.5 Å². The van der Waals surface area contributed by atoms with E-state index in [4.69, 9.17) is 0 Å². The van der Waals surface area contributed by atoms with E-state index < -0.39 is 23.6 Å². The highest BCUT2D eigenvalue weighted by Crippen LogP contribution is 2.30. The Morgan fingerprint density at radius 1 is 1.28 bits per heavy atom. The lowest BCUT2D eigenvalue weighted by molar-refractivity contribution is 0.201. The van der Waals surface area contributed by atoms with Crippen molar-refractivity contribution in [1.29, 1.82) is 0 Å². The molecule has 0 spiro atoms. The van der Waals surface area contributed by atoms with Crippen LogP contribution < -0.4 is 0 Å². The number of hydrogen-bond acceptors (Lipinski definition) is 2. The summed E-state index contributed by atoms with van der Waals surface area (Å²) in [6.07, 6.45) is -0.0296. The average molecular weight is 321 g/mol. The van der Waals surface area contributed by atoms with Crippen LogP contribution >= 0.6 is 15.9 Å². The van der Waals surface area contributed by atoms with Crippen LogP contribution in [0.3, 0.4) is 0 Å². The van der Waals surface area contributed by atoms with Gasteiger partial charge in [-0.15, -0.1) is 0 Å². The van der Waals surface area contributed by atoms with Gasteiger partial charge in [0, 0.05) is 12.6 Å². The summed E-state index contributed by atoms with van der Waals surface area (Å²) in [6, 6.07) is 1.76. The molecule has 1 aromatic carbocycles. The molecule has 1 unspecified atom stereocenters. The van der Waals surface area contributed by atoms with Crippen LogP contribution in [-0.4, -0.2) is 14.9 Å². The minimum Gasteiger partial charge on any atom is -0.382 e. The Bertz CT molecular complexity index is 581. The summed E-state index contributed by atoms with van der Waals surface area (Å²) < 4.78 is 41.2. The van der Waals surface area contributed by atoms with E-state index in [1.165, 1.54) is 10.9 Å². The summed E-state index contributed by atoms with van der Waals surface area (Å²) >= 11 is 3.14. The number of aliphatic hydroxyl groups is 1. The van der Waals surface area contributed by atoms with Crippen LogP contribution in [0, 0.1) is 17.5 Å². The fourth-order valence-electron chi connectivity index (χ4n) is 1.63. The largest absolute Gasteiger partial charge is 0.382 e. The molecule has 7 heteroatoms. The predicted molar refractivity (Wildman–Crippen MR) is 61.3 cm³/mol. The van der Waals surface area contributed by atoms with E-state index in [1.54, 1.807) is 7.05 Å².